The van der Waals surface area contributed by atoms with Crippen molar-refractivity contribution in [1.82, 2.24) is 0 Å². The molecule has 106 valence electrons. The zero-order valence-electron chi connectivity index (χ0n) is 10.6. The molecule has 0 aromatic heterocycles. The first kappa shape index (κ1) is 15.4. The molecule has 2 rings (SSSR count). The number of nitrogens with two attached hydrogens (primary N) is 1. The van der Waals surface area contributed by atoms with Crippen molar-refractivity contribution < 1.29 is 9.50 Å². The molecule has 3 N–H and O–H groups in total. The first-order chi connectivity index (χ1) is 9.52. The van der Waals surface area contributed by atoms with Gasteiger partial charge in [-0.15, -0.1) is 0 Å². The lowest BCUT2D eigenvalue weighted by Gasteiger charge is -2.22. The first-order valence-corrected chi connectivity index (χ1v) is 7.28. The summed E-state index contributed by atoms with van der Waals surface area (Å²) in [5.74, 6) is -0.614. The van der Waals surface area contributed by atoms with E-state index in [0.29, 0.717) is 15.1 Å². The third kappa shape index (κ3) is 3.38. The number of aliphatic hydroxyl groups is 1. The monoisotopic (exact) mass is 357 g/mol. The Labute approximate surface area is 130 Å². The van der Waals surface area contributed by atoms with Crippen LogP contribution in [0.1, 0.15) is 23.1 Å². The van der Waals surface area contributed by atoms with E-state index in [2.05, 4.69) is 15.9 Å². The van der Waals surface area contributed by atoms with Gasteiger partial charge in [0.15, 0.2) is 0 Å². The van der Waals surface area contributed by atoms with Crippen LogP contribution in [0.25, 0.3) is 0 Å². The molecule has 0 heterocycles. The van der Waals surface area contributed by atoms with E-state index < -0.39 is 6.10 Å². The van der Waals surface area contributed by atoms with Gasteiger partial charge in [0, 0.05) is 16.9 Å². The van der Waals surface area contributed by atoms with Crippen molar-refractivity contribution in [3.05, 3.63) is 68.9 Å². The Morgan fingerprint density at radius 2 is 1.75 bits per heavy atom. The average Bonchev–Trinajstić information content (AvgIpc) is 2.44. The fraction of sp³-hybridized carbons (Fsp3) is 0.200. The SMILES string of the molecule is NCC(c1ccc(F)cc1)C(O)c1ccc(Cl)c(Br)c1. The molecule has 2 aromatic rings. The van der Waals surface area contributed by atoms with E-state index in [4.69, 9.17) is 17.3 Å². The molecule has 2 atom stereocenters. The highest BCUT2D eigenvalue weighted by molar-refractivity contribution is 9.10. The predicted molar refractivity (Wildman–Crippen MR) is 82.3 cm³/mol. The Bertz CT molecular complexity index is 591. The smallest absolute Gasteiger partial charge is 0.123 e. The van der Waals surface area contributed by atoms with Crippen molar-refractivity contribution in [2.24, 2.45) is 5.73 Å². The Balaban J connectivity index is 2.30. The number of rotatable bonds is 4. The molecule has 2 aromatic carbocycles. The largest absolute Gasteiger partial charge is 0.388 e. The van der Waals surface area contributed by atoms with Crippen molar-refractivity contribution in [3.63, 3.8) is 0 Å². The van der Waals surface area contributed by atoms with Crippen LogP contribution in [0.5, 0.6) is 0 Å². The molecule has 0 bridgehead atoms. The summed E-state index contributed by atoms with van der Waals surface area (Å²) in [6.07, 6.45) is -0.779. The highest BCUT2D eigenvalue weighted by Gasteiger charge is 2.22. The van der Waals surface area contributed by atoms with E-state index in [1.807, 2.05) is 0 Å². The van der Waals surface area contributed by atoms with E-state index in [0.717, 1.165) is 5.56 Å². The number of halogens is 3. The van der Waals surface area contributed by atoms with Gasteiger partial charge in [0.05, 0.1) is 11.1 Å². The molecular weight excluding hydrogens is 345 g/mol. The van der Waals surface area contributed by atoms with Crippen molar-refractivity contribution in [1.29, 1.82) is 0 Å². The minimum atomic E-state index is -0.779. The van der Waals surface area contributed by atoms with Crippen molar-refractivity contribution in [3.8, 4) is 0 Å². The summed E-state index contributed by atoms with van der Waals surface area (Å²) < 4.78 is 13.7. The minimum absolute atomic E-state index is 0.257. The van der Waals surface area contributed by atoms with E-state index in [9.17, 15) is 9.50 Å². The second-order valence-corrected chi connectivity index (χ2v) is 5.77. The summed E-state index contributed by atoms with van der Waals surface area (Å²) in [7, 11) is 0. The summed E-state index contributed by atoms with van der Waals surface area (Å²) >= 11 is 9.27. The molecule has 2 unspecified atom stereocenters. The van der Waals surface area contributed by atoms with Crippen LogP contribution in [0.15, 0.2) is 46.9 Å². The maximum Gasteiger partial charge on any atom is 0.123 e. The molecule has 5 heteroatoms. The van der Waals surface area contributed by atoms with E-state index >= 15 is 0 Å². The quantitative estimate of drug-likeness (QED) is 0.867. The van der Waals surface area contributed by atoms with Crippen LogP contribution < -0.4 is 5.73 Å². The molecule has 0 radical (unpaired) electrons. The zero-order chi connectivity index (χ0) is 14.7. The van der Waals surface area contributed by atoms with Gasteiger partial charge >= 0.3 is 0 Å². The lowest BCUT2D eigenvalue weighted by Crippen LogP contribution is -2.20. The second-order valence-electron chi connectivity index (χ2n) is 4.51. The average molecular weight is 359 g/mol. The molecule has 0 amide bonds. The van der Waals surface area contributed by atoms with Crippen LogP contribution in [0, 0.1) is 5.82 Å². The van der Waals surface area contributed by atoms with Gasteiger partial charge in [0.2, 0.25) is 0 Å². The molecule has 0 aliphatic heterocycles. The van der Waals surface area contributed by atoms with Gasteiger partial charge < -0.3 is 10.8 Å². The van der Waals surface area contributed by atoms with Gasteiger partial charge in [-0.25, -0.2) is 4.39 Å². The standard InChI is InChI=1S/C15H14BrClFNO/c16-13-7-10(3-6-14(13)17)15(20)12(8-19)9-1-4-11(18)5-2-9/h1-7,12,15,20H,8,19H2. The fourth-order valence-corrected chi connectivity index (χ4v) is 2.60. The summed E-state index contributed by atoms with van der Waals surface area (Å²) in [5, 5.41) is 11.1. The third-order valence-corrected chi connectivity index (χ3v) is 4.43. The van der Waals surface area contributed by atoms with Gasteiger partial charge in [-0.1, -0.05) is 29.8 Å². The van der Waals surface area contributed by atoms with Gasteiger partial charge in [0.1, 0.15) is 5.82 Å². The van der Waals surface area contributed by atoms with E-state index in [1.165, 1.54) is 12.1 Å². The molecule has 0 aliphatic carbocycles. The molecule has 0 saturated heterocycles. The Hall–Kier alpha value is -0.940. The number of hydrogen-bond acceptors (Lipinski definition) is 2. The maximum absolute atomic E-state index is 13.0. The summed E-state index contributed by atoms with van der Waals surface area (Å²) in [6.45, 7) is 0.257. The predicted octanol–water partition coefficient (Wildman–Crippen LogP) is 4.02. The highest BCUT2D eigenvalue weighted by Crippen LogP contribution is 2.33. The second kappa shape index (κ2) is 6.68. The maximum atomic E-state index is 13.0. The molecule has 0 aliphatic rings. The summed E-state index contributed by atoms with van der Waals surface area (Å²) in [4.78, 5) is 0. The van der Waals surface area contributed by atoms with Crippen LogP contribution in [0.4, 0.5) is 4.39 Å². The molecule has 0 fully saturated rings. The van der Waals surface area contributed by atoms with Crippen molar-refractivity contribution in [2.45, 2.75) is 12.0 Å². The van der Waals surface area contributed by atoms with Crippen molar-refractivity contribution >= 4 is 27.5 Å². The Morgan fingerprint density at radius 3 is 2.30 bits per heavy atom. The lowest BCUT2D eigenvalue weighted by atomic mass is 9.89. The van der Waals surface area contributed by atoms with Crippen LogP contribution in [-0.2, 0) is 0 Å². The van der Waals surface area contributed by atoms with Gasteiger partial charge in [-0.05, 0) is 51.3 Å². The van der Waals surface area contributed by atoms with Gasteiger partial charge in [-0.3, -0.25) is 0 Å². The molecule has 0 spiro atoms. The molecule has 20 heavy (non-hydrogen) atoms. The minimum Gasteiger partial charge on any atom is -0.388 e. The number of aliphatic hydroxyl groups excluding tert-OH is 1. The fourth-order valence-electron chi connectivity index (χ4n) is 2.09. The lowest BCUT2D eigenvalue weighted by molar-refractivity contribution is 0.147. The number of hydrogen-bond donors (Lipinski definition) is 2. The van der Waals surface area contributed by atoms with Crippen LogP contribution in [0.2, 0.25) is 5.02 Å². The van der Waals surface area contributed by atoms with Crippen LogP contribution in [-0.4, -0.2) is 11.7 Å². The third-order valence-electron chi connectivity index (χ3n) is 3.22. The normalized spacial score (nSPS) is 14.1. The molecule has 2 nitrogen and oxygen atoms in total. The molecule has 0 saturated carbocycles. The van der Waals surface area contributed by atoms with Crippen LogP contribution in [0.3, 0.4) is 0 Å². The topological polar surface area (TPSA) is 46.2 Å². The highest BCUT2D eigenvalue weighted by atomic mass is 79.9. The summed E-state index contributed by atoms with van der Waals surface area (Å²) in [6, 6.07) is 11.2. The molecular formula is C15H14BrClFNO. The zero-order valence-corrected chi connectivity index (χ0v) is 12.9. The van der Waals surface area contributed by atoms with Crippen molar-refractivity contribution in [2.75, 3.05) is 6.54 Å². The first-order valence-electron chi connectivity index (χ1n) is 6.11. The Morgan fingerprint density at radius 1 is 1.15 bits per heavy atom. The van der Waals surface area contributed by atoms with E-state index in [-0.39, 0.29) is 18.3 Å². The Kier molecular flexibility index (Phi) is 5.16. The van der Waals surface area contributed by atoms with Crippen LogP contribution >= 0.6 is 27.5 Å². The van der Waals surface area contributed by atoms with E-state index in [1.54, 1.807) is 30.3 Å². The van der Waals surface area contributed by atoms with Gasteiger partial charge in [-0.2, -0.15) is 0 Å². The number of benzene rings is 2. The summed E-state index contributed by atoms with van der Waals surface area (Å²) in [5.41, 5.74) is 7.27. The van der Waals surface area contributed by atoms with Gasteiger partial charge in [0.25, 0.3) is 0 Å².